The Morgan fingerprint density at radius 2 is 1.84 bits per heavy atom. The van der Waals surface area contributed by atoms with Crippen LogP contribution in [-0.2, 0) is 16.0 Å². The van der Waals surface area contributed by atoms with Crippen molar-refractivity contribution in [1.82, 2.24) is 40.2 Å². The van der Waals surface area contributed by atoms with E-state index in [-0.39, 0.29) is 24.3 Å². The second kappa shape index (κ2) is 11.6. The Morgan fingerprint density at radius 1 is 0.974 bits per heavy atom. The minimum Gasteiger partial charge on any atom is -0.359 e. The number of carbonyl (C=O) groups is 2. The van der Waals surface area contributed by atoms with E-state index in [1.807, 2.05) is 18.3 Å². The number of benzene rings is 2. The molecule has 38 heavy (non-hydrogen) atoms. The van der Waals surface area contributed by atoms with Crippen molar-refractivity contribution < 1.29 is 9.59 Å². The molecule has 5 rings (SSSR count). The minimum absolute atomic E-state index is 0.0406. The number of carbonyl (C=O) groups excluding carboxylic acids is 2. The van der Waals surface area contributed by atoms with Gasteiger partial charge in [-0.3, -0.25) is 9.59 Å². The third-order valence-electron chi connectivity index (χ3n) is 6.55. The molecule has 0 spiro atoms. The number of amides is 2. The number of fused-ring (bicyclic) bond motifs is 2. The maximum absolute atomic E-state index is 13.0. The van der Waals surface area contributed by atoms with E-state index in [0.29, 0.717) is 24.4 Å². The predicted octanol–water partition coefficient (Wildman–Crippen LogP) is 3.76. The first-order chi connectivity index (χ1) is 18.6. The first-order valence-electron chi connectivity index (χ1n) is 12.8. The van der Waals surface area contributed by atoms with E-state index in [4.69, 9.17) is 0 Å². The average Bonchev–Trinajstić information content (AvgIpc) is 3.61. The van der Waals surface area contributed by atoms with E-state index in [0.717, 1.165) is 41.5 Å². The van der Waals surface area contributed by atoms with Crippen molar-refractivity contribution in [1.29, 1.82) is 0 Å². The monoisotopic (exact) mass is 510 g/mol. The van der Waals surface area contributed by atoms with Gasteiger partial charge >= 0.3 is 0 Å². The summed E-state index contributed by atoms with van der Waals surface area (Å²) in [5.74, 6) is 1.10. The molecule has 0 aliphatic carbocycles. The fraction of sp³-hybridized carbons (Fsp3) is 0.286. The molecule has 10 nitrogen and oxygen atoms in total. The van der Waals surface area contributed by atoms with Crippen molar-refractivity contribution in [3.63, 3.8) is 0 Å². The lowest BCUT2D eigenvalue weighted by Crippen LogP contribution is -2.30. The molecule has 1 atom stereocenters. The van der Waals surface area contributed by atoms with Crippen molar-refractivity contribution in [2.75, 3.05) is 7.05 Å². The first-order valence-corrected chi connectivity index (χ1v) is 12.8. The normalized spacial score (nSPS) is 12.0. The molecule has 0 aliphatic rings. The fourth-order valence-electron chi connectivity index (χ4n) is 4.51. The maximum Gasteiger partial charge on any atom is 0.252 e. The summed E-state index contributed by atoms with van der Waals surface area (Å²) >= 11 is 0. The van der Waals surface area contributed by atoms with Crippen LogP contribution in [0.1, 0.15) is 49.5 Å². The third kappa shape index (κ3) is 6.03. The lowest BCUT2D eigenvalue weighted by molar-refractivity contribution is -0.121. The predicted molar refractivity (Wildman–Crippen MR) is 144 cm³/mol. The van der Waals surface area contributed by atoms with Gasteiger partial charge in [-0.1, -0.05) is 49.2 Å². The Kier molecular flexibility index (Phi) is 7.67. The number of nitrogens with zero attached hydrogens (tertiary/aromatic N) is 5. The molecule has 2 amide bonds. The number of H-pyrrole nitrogens is 1. The van der Waals surface area contributed by atoms with Crippen LogP contribution in [0.4, 0.5) is 0 Å². The summed E-state index contributed by atoms with van der Waals surface area (Å²) in [5.41, 5.74) is 2.66. The second-order valence-electron chi connectivity index (χ2n) is 9.28. The van der Waals surface area contributed by atoms with Gasteiger partial charge in [0.05, 0.1) is 24.4 Å². The topological polar surface area (TPSA) is 130 Å². The van der Waals surface area contributed by atoms with Crippen molar-refractivity contribution in [2.24, 2.45) is 0 Å². The van der Waals surface area contributed by atoms with Crippen LogP contribution in [0.15, 0.2) is 67.4 Å². The highest BCUT2D eigenvalue weighted by molar-refractivity contribution is 5.86. The molecule has 3 heterocycles. The highest BCUT2D eigenvalue weighted by Gasteiger charge is 2.19. The lowest BCUT2D eigenvalue weighted by atomic mass is 10.1. The summed E-state index contributed by atoms with van der Waals surface area (Å²) in [6, 6.07) is 14.2. The standard InChI is InChI=1S/C28H30N8O2/c1-29-25(37)10-4-2-3-9-23(34-26(38)13-19-15-31-28-32-18-33-36(28)17-19)27-30-16-24(35-27)22-12-11-20-7-5-6-8-21(20)14-22/h5-8,11-12,14-18,23H,2-4,9-10,13H2,1H3,(H,29,37)(H,30,35)(H,34,38). The van der Waals surface area contributed by atoms with Gasteiger partial charge in [-0.15, -0.1) is 0 Å². The molecule has 3 N–H and O–H groups in total. The van der Waals surface area contributed by atoms with E-state index in [1.54, 1.807) is 24.0 Å². The van der Waals surface area contributed by atoms with Gasteiger partial charge in [0.2, 0.25) is 11.8 Å². The zero-order chi connectivity index (χ0) is 26.3. The summed E-state index contributed by atoms with van der Waals surface area (Å²) in [4.78, 5) is 40.9. The van der Waals surface area contributed by atoms with Crippen LogP contribution in [0.3, 0.4) is 0 Å². The van der Waals surface area contributed by atoms with E-state index < -0.39 is 0 Å². The quantitative estimate of drug-likeness (QED) is 0.232. The largest absolute Gasteiger partial charge is 0.359 e. The molecule has 0 aliphatic heterocycles. The molecule has 0 fully saturated rings. The first kappa shape index (κ1) is 25.1. The number of aromatic amines is 1. The molecule has 3 aromatic heterocycles. The third-order valence-corrected chi connectivity index (χ3v) is 6.55. The number of nitrogens with one attached hydrogen (secondary N) is 3. The zero-order valence-electron chi connectivity index (χ0n) is 21.2. The van der Waals surface area contributed by atoms with E-state index in [2.05, 4.69) is 66.0 Å². The van der Waals surface area contributed by atoms with Gasteiger partial charge in [0.15, 0.2) is 0 Å². The summed E-state index contributed by atoms with van der Waals surface area (Å²) < 4.78 is 1.55. The van der Waals surface area contributed by atoms with Crippen LogP contribution < -0.4 is 10.6 Å². The Hall–Kier alpha value is -4.60. The van der Waals surface area contributed by atoms with E-state index in [9.17, 15) is 9.59 Å². The number of hydrogen-bond donors (Lipinski definition) is 3. The van der Waals surface area contributed by atoms with Gasteiger partial charge in [-0.05, 0) is 35.2 Å². The van der Waals surface area contributed by atoms with Crippen molar-refractivity contribution in [3.8, 4) is 11.3 Å². The molecule has 0 saturated carbocycles. The maximum atomic E-state index is 13.0. The summed E-state index contributed by atoms with van der Waals surface area (Å²) in [5, 5.41) is 12.2. The number of unbranched alkanes of at least 4 members (excludes halogenated alkanes) is 2. The van der Waals surface area contributed by atoms with Crippen LogP contribution in [0.2, 0.25) is 0 Å². The lowest BCUT2D eigenvalue weighted by Gasteiger charge is -2.17. The van der Waals surface area contributed by atoms with E-state index in [1.165, 1.54) is 11.7 Å². The molecule has 0 bridgehead atoms. The van der Waals surface area contributed by atoms with Crippen LogP contribution >= 0.6 is 0 Å². The molecular weight excluding hydrogens is 480 g/mol. The van der Waals surface area contributed by atoms with Crippen LogP contribution in [0.25, 0.3) is 27.8 Å². The van der Waals surface area contributed by atoms with Crippen molar-refractivity contribution in [2.45, 2.75) is 44.6 Å². The Labute approximate surface area is 219 Å². The van der Waals surface area contributed by atoms with Crippen LogP contribution in [0, 0.1) is 0 Å². The van der Waals surface area contributed by atoms with Gasteiger partial charge in [0.25, 0.3) is 5.78 Å². The summed E-state index contributed by atoms with van der Waals surface area (Å²) in [6.45, 7) is 0. The molecule has 1 unspecified atom stereocenters. The zero-order valence-corrected chi connectivity index (χ0v) is 21.2. The minimum atomic E-state index is -0.292. The summed E-state index contributed by atoms with van der Waals surface area (Å²) in [6.07, 6.45) is 10.5. The molecule has 0 radical (unpaired) electrons. The molecule has 5 aromatic rings. The highest BCUT2D eigenvalue weighted by Crippen LogP contribution is 2.26. The number of aromatic nitrogens is 6. The second-order valence-corrected chi connectivity index (χ2v) is 9.28. The van der Waals surface area contributed by atoms with Gasteiger partial charge in [-0.2, -0.15) is 10.1 Å². The van der Waals surface area contributed by atoms with Crippen molar-refractivity contribution >= 4 is 28.4 Å². The number of imidazole rings is 1. The molecular formula is C28H30N8O2. The smallest absolute Gasteiger partial charge is 0.252 e. The molecule has 0 saturated heterocycles. The Morgan fingerprint density at radius 3 is 2.71 bits per heavy atom. The van der Waals surface area contributed by atoms with Gasteiger partial charge < -0.3 is 15.6 Å². The van der Waals surface area contributed by atoms with Gasteiger partial charge in [-0.25, -0.2) is 14.5 Å². The number of hydrogen-bond acceptors (Lipinski definition) is 6. The van der Waals surface area contributed by atoms with Crippen molar-refractivity contribution in [3.05, 3.63) is 78.8 Å². The summed E-state index contributed by atoms with van der Waals surface area (Å²) in [7, 11) is 1.65. The Balaban J connectivity index is 1.30. The van der Waals surface area contributed by atoms with Crippen LogP contribution in [-0.4, -0.2) is 48.4 Å². The van der Waals surface area contributed by atoms with Crippen LogP contribution in [0.5, 0.6) is 0 Å². The van der Waals surface area contributed by atoms with Gasteiger partial charge in [0.1, 0.15) is 12.2 Å². The highest BCUT2D eigenvalue weighted by atomic mass is 16.2. The van der Waals surface area contributed by atoms with Gasteiger partial charge in [0, 0.05) is 31.4 Å². The van der Waals surface area contributed by atoms with E-state index >= 15 is 0 Å². The molecule has 2 aromatic carbocycles. The SMILES string of the molecule is CNC(=O)CCCCCC(NC(=O)Cc1cnc2ncnn2c1)c1ncc(-c2ccc3ccccc3c2)[nH]1. The number of rotatable bonds is 11. The fourth-order valence-corrected chi connectivity index (χ4v) is 4.51. The average molecular weight is 511 g/mol. The molecule has 194 valence electrons. The molecule has 10 heteroatoms. The Bertz CT molecular complexity index is 1560.